The molecule has 2 aromatic rings. The number of carbonyl (C=O) groups excluding carboxylic acids is 1. The molecule has 0 aliphatic heterocycles. The lowest BCUT2D eigenvalue weighted by Gasteiger charge is -2.28. The highest BCUT2D eigenvalue weighted by molar-refractivity contribution is 5.90. The highest BCUT2D eigenvalue weighted by Gasteiger charge is 2.39. The lowest BCUT2D eigenvalue weighted by Crippen LogP contribution is -2.50. The molecule has 1 unspecified atom stereocenters. The van der Waals surface area contributed by atoms with Crippen molar-refractivity contribution in [3.05, 3.63) is 59.4 Å². The molecule has 0 saturated heterocycles. The second-order valence-electron chi connectivity index (χ2n) is 4.73. The fourth-order valence-electron chi connectivity index (χ4n) is 2.29. The van der Waals surface area contributed by atoms with E-state index < -0.39 is 17.3 Å². The molecule has 0 aliphatic rings. The first-order chi connectivity index (χ1) is 10.4. The van der Waals surface area contributed by atoms with Crippen LogP contribution in [0.4, 0.5) is 4.39 Å². The van der Waals surface area contributed by atoms with Gasteiger partial charge in [0.15, 0.2) is 11.5 Å². The number of methoxy groups -OCH3 is 2. The van der Waals surface area contributed by atoms with Crippen LogP contribution in [0.15, 0.2) is 42.5 Å². The smallest absolute Gasteiger partial charge is 0.246 e. The number of rotatable bonds is 5. The Labute approximate surface area is 127 Å². The van der Waals surface area contributed by atoms with E-state index in [9.17, 15) is 9.18 Å². The van der Waals surface area contributed by atoms with Crippen molar-refractivity contribution in [2.45, 2.75) is 5.54 Å². The predicted molar refractivity (Wildman–Crippen MR) is 80.1 cm³/mol. The quantitative estimate of drug-likeness (QED) is 0.877. The normalized spacial score (nSPS) is 13.3. The molecule has 116 valence electrons. The van der Waals surface area contributed by atoms with Crippen molar-refractivity contribution in [2.75, 3.05) is 14.2 Å². The highest BCUT2D eigenvalue weighted by atomic mass is 19.1. The number of primary amides is 1. The molecule has 5 nitrogen and oxygen atoms in total. The summed E-state index contributed by atoms with van der Waals surface area (Å²) in [6.45, 7) is 0. The van der Waals surface area contributed by atoms with Gasteiger partial charge in [-0.1, -0.05) is 30.3 Å². The number of carbonyl (C=O) groups is 1. The molecule has 6 heteroatoms. The van der Waals surface area contributed by atoms with Crippen LogP contribution >= 0.6 is 0 Å². The van der Waals surface area contributed by atoms with Crippen LogP contribution < -0.4 is 20.9 Å². The van der Waals surface area contributed by atoms with Crippen molar-refractivity contribution in [3.63, 3.8) is 0 Å². The van der Waals surface area contributed by atoms with Crippen LogP contribution in [-0.4, -0.2) is 20.1 Å². The number of amides is 1. The third-order valence-corrected chi connectivity index (χ3v) is 3.52. The van der Waals surface area contributed by atoms with E-state index in [-0.39, 0.29) is 17.1 Å². The van der Waals surface area contributed by atoms with Crippen LogP contribution in [0.3, 0.4) is 0 Å². The fraction of sp³-hybridized carbons (Fsp3) is 0.188. The Bertz CT molecular complexity index is 691. The lowest BCUT2D eigenvalue weighted by atomic mass is 9.82. The van der Waals surface area contributed by atoms with E-state index in [2.05, 4.69) is 0 Å². The number of nitrogens with two attached hydrogens (primary N) is 2. The number of hydrogen-bond donors (Lipinski definition) is 2. The Kier molecular flexibility index (Phi) is 4.32. The molecule has 1 amide bonds. The molecule has 0 heterocycles. The summed E-state index contributed by atoms with van der Waals surface area (Å²) < 4.78 is 24.6. The molecule has 0 bridgehead atoms. The molecular weight excluding hydrogens is 287 g/mol. The summed E-state index contributed by atoms with van der Waals surface area (Å²) in [4.78, 5) is 12.0. The van der Waals surface area contributed by atoms with E-state index >= 15 is 0 Å². The topological polar surface area (TPSA) is 87.6 Å². The van der Waals surface area contributed by atoms with E-state index in [1.54, 1.807) is 30.3 Å². The maximum absolute atomic E-state index is 14.5. The van der Waals surface area contributed by atoms with Crippen LogP contribution in [0.25, 0.3) is 0 Å². The summed E-state index contributed by atoms with van der Waals surface area (Å²) in [5, 5.41) is 0. The maximum atomic E-state index is 14.5. The fourth-order valence-corrected chi connectivity index (χ4v) is 2.29. The van der Waals surface area contributed by atoms with Gasteiger partial charge in [-0.25, -0.2) is 4.39 Å². The molecule has 4 N–H and O–H groups in total. The van der Waals surface area contributed by atoms with Crippen LogP contribution in [0.2, 0.25) is 0 Å². The Morgan fingerprint density at radius 2 is 1.64 bits per heavy atom. The summed E-state index contributed by atoms with van der Waals surface area (Å²) in [6, 6.07) is 10.8. The van der Waals surface area contributed by atoms with Gasteiger partial charge in [-0.15, -0.1) is 0 Å². The van der Waals surface area contributed by atoms with E-state index in [0.29, 0.717) is 5.56 Å². The van der Waals surface area contributed by atoms with Gasteiger partial charge in [-0.05, 0) is 11.6 Å². The van der Waals surface area contributed by atoms with Gasteiger partial charge in [0.2, 0.25) is 5.91 Å². The van der Waals surface area contributed by atoms with Gasteiger partial charge in [0.05, 0.1) is 14.2 Å². The summed E-state index contributed by atoms with van der Waals surface area (Å²) in [6.07, 6.45) is 0. The monoisotopic (exact) mass is 304 g/mol. The average molecular weight is 304 g/mol. The standard InChI is InChI=1S/C16H17FN2O3/c1-21-13-8-11(12(17)9-14(13)22-2)16(19,15(18)20)10-6-4-3-5-7-10/h3-9H,19H2,1-2H3,(H2,18,20). The molecular formula is C16H17FN2O3. The molecule has 2 aromatic carbocycles. The van der Waals surface area contributed by atoms with Crippen molar-refractivity contribution in [1.82, 2.24) is 0 Å². The average Bonchev–Trinajstić information content (AvgIpc) is 2.54. The summed E-state index contributed by atoms with van der Waals surface area (Å²) in [5.74, 6) is -1.12. The number of halogens is 1. The second-order valence-corrected chi connectivity index (χ2v) is 4.73. The van der Waals surface area contributed by atoms with Crippen LogP contribution in [0, 0.1) is 5.82 Å². The number of hydrogen-bond acceptors (Lipinski definition) is 4. The summed E-state index contributed by atoms with van der Waals surface area (Å²) >= 11 is 0. The predicted octanol–water partition coefficient (Wildman–Crippen LogP) is 1.53. The zero-order chi connectivity index (χ0) is 16.3. The third kappa shape index (κ3) is 2.48. The van der Waals surface area contributed by atoms with E-state index in [1.807, 2.05) is 0 Å². The molecule has 0 spiro atoms. The SMILES string of the molecule is COc1cc(F)c(C(N)(C(N)=O)c2ccccc2)cc1OC. The van der Waals surface area contributed by atoms with Gasteiger partial charge in [0.25, 0.3) is 0 Å². The minimum atomic E-state index is -1.81. The van der Waals surface area contributed by atoms with Crippen molar-refractivity contribution >= 4 is 5.91 Å². The molecule has 22 heavy (non-hydrogen) atoms. The molecule has 0 saturated carbocycles. The van der Waals surface area contributed by atoms with Crippen LogP contribution in [-0.2, 0) is 10.3 Å². The Morgan fingerprint density at radius 3 is 2.14 bits per heavy atom. The highest BCUT2D eigenvalue weighted by Crippen LogP contribution is 2.36. The Hall–Kier alpha value is -2.60. The van der Waals surface area contributed by atoms with Gasteiger partial charge in [-0.3, -0.25) is 4.79 Å². The van der Waals surface area contributed by atoms with Gasteiger partial charge >= 0.3 is 0 Å². The van der Waals surface area contributed by atoms with Crippen LogP contribution in [0.5, 0.6) is 11.5 Å². The number of benzene rings is 2. The zero-order valence-electron chi connectivity index (χ0n) is 12.3. The second kappa shape index (κ2) is 6.03. The molecule has 0 aliphatic carbocycles. The van der Waals surface area contributed by atoms with E-state index in [4.69, 9.17) is 20.9 Å². The van der Waals surface area contributed by atoms with Gasteiger partial charge in [-0.2, -0.15) is 0 Å². The minimum absolute atomic E-state index is 0.0798. The maximum Gasteiger partial charge on any atom is 0.246 e. The first-order valence-electron chi connectivity index (χ1n) is 6.51. The molecule has 0 fully saturated rings. The van der Waals surface area contributed by atoms with Crippen molar-refractivity contribution in [2.24, 2.45) is 11.5 Å². The zero-order valence-corrected chi connectivity index (χ0v) is 12.3. The first kappa shape index (κ1) is 15.8. The Balaban J connectivity index is 2.72. The van der Waals surface area contributed by atoms with Crippen molar-refractivity contribution in [1.29, 1.82) is 0 Å². The van der Waals surface area contributed by atoms with Gasteiger partial charge in [0, 0.05) is 11.6 Å². The Morgan fingerprint density at radius 1 is 1.09 bits per heavy atom. The molecule has 2 rings (SSSR count). The van der Waals surface area contributed by atoms with Crippen molar-refractivity contribution in [3.8, 4) is 11.5 Å². The largest absolute Gasteiger partial charge is 0.493 e. The van der Waals surface area contributed by atoms with Crippen LogP contribution in [0.1, 0.15) is 11.1 Å². The molecule has 1 atom stereocenters. The summed E-state index contributed by atoms with van der Waals surface area (Å²) in [5.41, 5.74) is 10.1. The van der Waals surface area contributed by atoms with Gasteiger partial charge < -0.3 is 20.9 Å². The first-order valence-corrected chi connectivity index (χ1v) is 6.51. The molecule has 0 radical (unpaired) electrons. The van der Waals surface area contributed by atoms with Gasteiger partial charge in [0.1, 0.15) is 11.4 Å². The van der Waals surface area contributed by atoms with Crippen molar-refractivity contribution < 1.29 is 18.7 Å². The van der Waals surface area contributed by atoms with E-state index in [1.165, 1.54) is 20.3 Å². The molecule has 0 aromatic heterocycles. The van der Waals surface area contributed by atoms with E-state index in [0.717, 1.165) is 6.07 Å². The summed E-state index contributed by atoms with van der Waals surface area (Å²) in [7, 11) is 2.79. The lowest BCUT2D eigenvalue weighted by molar-refractivity contribution is -0.122. The third-order valence-electron chi connectivity index (χ3n) is 3.52. The number of ether oxygens (including phenoxy) is 2. The minimum Gasteiger partial charge on any atom is -0.493 e.